The van der Waals surface area contributed by atoms with Crippen molar-refractivity contribution in [3.8, 4) is 0 Å². The summed E-state index contributed by atoms with van der Waals surface area (Å²) in [5, 5.41) is 0.565. The van der Waals surface area contributed by atoms with E-state index in [9.17, 15) is 4.79 Å². The molecular formula is C19H17ClN6O. The molecule has 0 atom stereocenters. The van der Waals surface area contributed by atoms with E-state index in [1.165, 1.54) is 11.9 Å². The van der Waals surface area contributed by atoms with Crippen molar-refractivity contribution < 1.29 is 4.79 Å². The molecule has 0 fully saturated rings. The molecule has 4 rings (SSSR count). The average Bonchev–Trinajstić information content (AvgIpc) is 3.11. The first-order chi connectivity index (χ1) is 13.1. The number of hydrazine groups is 1. The van der Waals surface area contributed by atoms with E-state index in [0.29, 0.717) is 27.9 Å². The number of nitrogen functional groups attached to an aromatic ring is 1. The summed E-state index contributed by atoms with van der Waals surface area (Å²) in [5.74, 6) is 0.627. The van der Waals surface area contributed by atoms with E-state index in [1.807, 2.05) is 18.2 Å². The zero-order valence-electron chi connectivity index (χ0n) is 14.3. The number of rotatable bonds is 4. The van der Waals surface area contributed by atoms with Crippen LogP contribution in [0.15, 0.2) is 54.9 Å². The molecule has 0 spiro atoms. The molecule has 2 heterocycles. The third kappa shape index (κ3) is 3.37. The molecule has 8 heteroatoms. The van der Waals surface area contributed by atoms with Gasteiger partial charge in [-0.2, -0.15) is 0 Å². The summed E-state index contributed by atoms with van der Waals surface area (Å²) < 4.78 is 0. The molecular weight excluding hydrogens is 364 g/mol. The monoisotopic (exact) mass is 380 g/mol. The second-order valence-corrected chi connectivity index (χ2v) is 6.51. The van der Waals surface area contributed by atoms with Crippen LogP contribution in [-0.4, -0.2) is 22.4 Å². The summed E-state index contributed by atoms with van der Waals surface area (Å²) in [5.41, 5.74) is 14.8. The number of halogens is 1. The minimum atomic E-state index is -0.322. The van der Waals surface area contributed by atoms with Crippen LogP contribution in [0.5, 0.6) is 0 Å². The largest absolute Gasteiger partial charge is 0.393 e. The fraction of sp³-hybridized carbons (Fsp3) is 0.105. The van der Waals surface area contributed by atoms with Crippen LogP contribution < -0.4 is 21.5 Å². The first kappa shape index (κ1) is 17.1. The van der Waals surface area contributed by atoms with Crippen LogP contribution in [0.25, 0.3) is 0 Å². The quantitative estimate of drug-likeness (QED) is 0.602. The first-order valence-electron chi connectivity index (χ1n) is 8.41. The van der Waals surface area contributed by atoms with Crippen molar-refractivity contribution in [2.75, 3.05) is 22.6 Å². The van der Waals surface area contributed by atoms with Gasteiger partial charge in [0.05, 0.1) is 0 Å². The van der Waals surface area contributed by atoms with Crippen LogP contribution in [0.2, 0.25) is 5.02 Å². The van der Waals surface area contributed by atoms with Crippen LogP contribution >= 0.6 is 11.6 Å². The van der Waals surface area contributed by atoms with E-state index in [4.69, 9.17) is 17.3 Å². The van der Waals surface area contributed by atoms with Crippen LogP contribution in [0.4, 0.5) is 23.0 Å². The molecule has 136 valence electrons. The number of aromatic nitrogens is 2. The van der Waals surface area contributed by atoms with Gasteiger partial charge in [0.1, 0.15) is 12.0 Å². The van der Waals surface area contributed by atoms with Crippen molar-refractivity contribution in [3.05, 3.63) is 71.0 Å². The maximum absolute atomic E-state index is 12.2. The minimum absolute atomic E-state index is 0.322. The molecule has 2 aromatic carbocycles. The van der Waals surface area contributed by atoms with Crippen molar-refractivity contribution in [2.45, 2.75) is 6.42 Å². The average molecular weight is 381 g/mol. The van der Waals surface area contributed by atoms with Gasteiger partial charge in [-0.25, -0.2) is 9.97 Å². The Kier molecular flexibility index (Phi) is 4.52. The highest BCUT2D eigenvalue weighted by molar-refractivity contribution is 6.30. The Balaban J connectivity index is 1.53. The molecule has 0 aliphatic carbocycles. The fourth-order valence-electron chi connectivity index (χ4n) is 3.05. The Morgan fingerprint density at radius 3 is 2.70 bits per heavy atom. The van der Waals surface area contributed by atoms with Gasteiger partial charge in [-0.15, -0.1) is 0 Å². The van der Waals surface area contributed by atoms with Crippen molar-refractivity contribution in [1.82, 2.24) is 15.4 Å². The summed E-state index contributed by atoms with van der Waals surface area (Å²) in [7, 11) is 0. The molecule has 0 saturated carbocycles. The number of nitrogens with zero attached hydrogens (tertiary/aromatic N) is 3. The molecule has 0 saturated heterocycles. The van der Waals surface area contributed by atoms with Crippen LogP contribution in [0.3, 0.4) is 0 Å². The van der Waals surface area contributed by atoms with Gasteiger partial charge in [0.25, 0.3) is 5.91 Å². The third-order valence-electron chi connectivity index (χ3n) is 4.41. The van der Waals surface area contributed by atoms with Crippen LogP contribution in [0, 0.1) is 0 Å². The number of amides is 1. The highest BCUT2D eigenvalue weighted by Crippen LogP contribution is 2.37. The molecule has 1 aromatic heterocycles. The molecule has 3 aromatic rings. The lowest BCUT2D eigenvalue weighted by molar-refractivity contribution is 0.0962. The van der Waals surface area contributed by atoms with Gasteiger partial charge in [-0.05, 0) is 42.3 Å². The molecule has 0 radical (unpaired) electrons. The Hall–Kier alpha value is -3.32. The number of fused-ring (bicyclic) bond motifs is 1. The topological polar surface area (TPSA) is 96.2 Å². The number of para-hydroxylation sites is 1. The Morgan fingerprint density at radius 1 is 1.11 bits per heavy atom. The Morgan fingerprint density at radius 2 is 1.89 bits per heavy atom. The number of hydrogen-bond acceptors (Lipinski definition) is 6. The molecule has 0 unspecified atom stereocenters. The smallest absolute Gasteiger partial charge is 0.269 e. The summed E-state index contributed by atoms with van der Waals surface area (Å²) in [6.07, 6.45) is 2.35. The van der Waals surface area contributed by atoms with Gasteiger partial charge < -0.3 is 10.6 Å². The van der Waals surface area contributed by atoms with Crippen molar-refractivity contribution in [2.24, 2.45) is 0 Å². The van der Waals surface area contributed by atoms with Crippen LogP contribution in [0.1, 0.15) is 15.9 Å². The van der Waals surface area contributed by atoms with E-state index in [-0.39, 0.29) is 5.91 Å². The maximum Gasteiger partial charge on any atom is 0.269 e. The lowest BCUT2D eigenvalue weighted by Crippen LogP contribution is -2.30. The van der Waals surface area contributed by atoms with Crippen molar-refractivity contribution >= 4 is 40.5 Å². The Bertz CT molecular complexity index is 992. The van der Waals surface area contributed by atoms with E-state index in [0.717, 1.165) is 18.7 Å². The fourth-order valence-corrected chi connectivity index (χ4v) is 3.17. The lowest BCUT2D eigenvalue weighted by atomic mass is 10.2. The van der Waals surface area contributed by atoms with Crippen molar-refractivity contribution in [1.29, 1.82) is 0 Å². The summed E-state index contributed by atoms with van der Waals surface area (Å²) in [4.78, 5) is 22.8. The third-order valence-corrected chi connectivity index (χ3v) is 4.66. The first-order valence-corrected chi connectivity index (χ1v) is 8.79. The number of nitrogens with two attached hydrogens (primary N) is 1. The van der Waals surface area contributed by atoms with Gasteiger partial charge in [-0.1, -0.05) is 29.8 Å². The van der Waals surface area contributed by atoms with Crippen molar-refractivity contribution in [3.63, 3.8) is 0 Å². The molecule has 0 bridgehead atoms. The standard InChI is InChI=1S/C19H17ClN6O/c20-14-7-5-13(6-8-14)19(27)25-24-17-16(21)18(23-11-22-17)26-10-9-12-3-1-2-4-15(12)26/h1-8,11H,9-10,21H2,(H,25,27)(H,22,23,24). The van der Waals surface area contributed by atoms with E-state index >= 15 is 0 Å². The highest BCUT2D eigenvalue weighted by Gasteiger charge is 2.24. The minimum Gasteiger partial charge on any atom is -0.393 e. The summed E-state index contributed by atoms with van der Waals surface area (Å²) in [6, 6.07) is 14.7. The maximum atomic E-state index is 12.2. The van der Waals surface area contributed by atoms with Gasteiger partial charge in [-0.3, -0.25) is 15.6 Å². The molecule has 1 amide bonds. The second kappa shape index (κ2) is 7.13. The number of carbonyl (C=O) groups is 1. The second-order valence-electron chi connectivity index (χ2n) is 6.08. The predicted molar refractivity (Wildman–Crippen MR) is 106 cm³/mol. The molecule has 4 N–H and O–H groups in total. The number of anilines is 4. The molecule has 1 aliphatic rings. The lowest BCUT2D eigenvalue weighted by Gasteiger charge is -2.21. The van der Waals surface area contributed by atoms with Crippen LogP contribution in [-0.2, 0) is 6.42 Å². The normalized spacial score (nSPS) is 12.6. The summed E-state index contributed by atoms with van der Waals surface area (Å²) in [6.45, 7) is 0.789. The number of nitrogens with one attached hydrogen (secondary N) is 2. The van der Waals surface area contributed by atoms with Gasteiger partial charge in [0, 0.05) is 22.8 Å². The highest BCUT2D eigenvalue weighted by atomic mass is 35.5. The van der Waals surface area contributed by atoms with Gasteiger partial charge in [0.2, 0.25) is 0 Å². The predicted octanol–water partition coefficient (Wildman–Crippen LogP) is 3.16. The van der Waals surface area contributed by atoms with Gasteiger partial charge >= 0.3 is 0 Å². The Labute approximate surface area is 161 Å². The molecule has 27 heavy (non-hydrogen) atoms. The zero-order valence-corrected chi connectivity index (χ0v) is 15.1. The zero-order chi connectivity index (χ0) is 18.8. The molecule has 1 aliphatic heterocycles. The summed E-state index contributed by atoms with van der Waals surface area (Å²) >= 11 is 5.84. The van der Waals surface area contributed by atoms with E-state index in [1.54, 1.807) is 24.3 Å². The SMILES string of the molecule is Nc1c(NNC(=O)c2ccc(Cl)cc2)ncnc1N1CCc2ccccc21. The van der Waals surface area contributed by atoms with Gasteiger partial charge in [0.15, 0.2) is 11.6 Å². The molecule has 7 nitrogen and oxygen atoms in total. The van der Waals surface area contributed by atoms with E-state index < -0.39 is 0 Å². The number of hydrogen-bond donors (Lipinski definition) is 3. The number of carbonyl (C=O) groups excluding carboxylic acids is 1. The van der Waals surface area contributed by atoms with E-state index in [2.05, 4.69) is 31.8 Å². The number of benzene rings is 2.